The van der Waals surface area contributed by atoms with Gasteiger partial charge in [-0.15, -0.1) is 0 Å². The lowest BCUT2D eigenvalue weighted by atomic mass is 10.2. The van der Waals surface area contributed by atoms with Gasteiger partial charge in [-0.3, -0.25) is 9.69 Å². The molecule has 0 saturated carbocycles. The monoisotopic (exact) mass is 344 g/mol. The molecule has 1 atom stereocenters. The molecule has 1 saturated heterocycles. The van der Waals surface area contributed by atoms with E-state index < -0.39 is 23.7 Å². The summed E-state index contributed by atoms with van der Waals surface area (Å²) in [6, 6.07) is 2.95. The average Bonchev–Trinajstić information content (AvgIpc) is 2.68. The normalized spacial score (nSPS) is 18.4. The van der Waals surface area contributed by atoms with E-state index in [1.807, 2.05) is 0 Å². The Bertz CT molecular complexity index is 657. The van der Waals surface area contributed by atoms with E-state index in [9.17, 15) is 19.1 Å². The first-order valence-corrected chi connectivity index (χ1v) is 7.35. The van der Waals surface area contributed by atoms with Crippen molar-refractivity contribution in [3.8, 4) is 0 Å². The molecule has 110 valence electrons. The highest BCUT2D eigenvalue weighted by atomic mass is 35.5. The van der Waals surface area contributed by atoms with Gasteiger partial charge in [-0.1, -0.05) is 41.6 Å². The second-order valence-electron chi connectivity index (χ2n) is 4.18. The minimum absolute atomic E-state index is 0.0563. The molecule has 0 bridgehead atoms. The summed E-state index contributed by atoms with van der Waals surface area (Å²) in [5, 5.41) is 11.0. The Morgan fingerprint density at radius 2 is 2.24 bits per heavy atom. The van der Waals surface area contributed by atoms with Crippen molar-refractivity contribution in [1.82, 2.24) is 4.90 Å². The highest BCUT2D eigenvalue weighted by Crippen LogP contribution is 2.35. The summed E-state index contributed by atoms with van der Waals surface area (Å²) in [5.41, 5.74) is 0.0563. The van der Waals surface area contributed by atoms with Crippen LogP contribution in [0, 0.1) is 5.82 Å². The van der Waals surface area contributed by atoms with E-state index in [2.05, 4.69) is 0 Å². The Balaban J connectivity index is 2.39. The lowest BCUT2D eigenvalue weighted by molar-refractivity contribution is -0.309. The number of thioether (sulfide) groups is 1. The first-order valence-electron chi connectivity index (χ1n) is 5.75. The molecule has 1 amide bonds. The quantitative estimate of drug-likeness (QED) is 0.618. The largest absolute Gasteiger partial charge is 0.548 e. The number of hydrogen-bond acceptors (Lipinski definition) is 5. The van der Waals surface area contributed by atoms with Crippen molar-refractivity contribution >= 4 is 57.9 Å². The third-order valence-corrected chi connectivity index (χ3v) is 4.49. The average molecular weight is 345 g/mol. The highest BCUT2D eigenvalue weighted by Gasteiger charge is 2.36. The van der Waals surface area contributed by atoms with Crippen LogP contribution >= 0.6 is 35.6 Å². The Morgan fingerprint density at radius 1 is 1.57 bits per heavy atom. The molecule has 1 aromatic rings. The van der Waals surface area contributed by atoms with Gasteiger partial charge in [0.05, 0.1) is 21.9 Å². The zero-order valence-electron chi connectivity index (χ0n) is 10.6. The van der Waals surface area contributed by atoms with Crippen molar-refractivity contribution in [3.05, 3.63) is 39.5 Å². The van der Waals surface area contributed by atoms with Crippen LogP contribution in [0.5, 0.6) is 0 Å². The SMILES string of the molecule is CC(C(=O)[O-])N1C(=O)C(=Cc2c(F)cccc2Cl)SC1=S. The molecule has 1 aliphatic heterocycles. The van der Waals surface area contributed by atoms with Crippen LogP contribution in [0.25, 0.3) is 6.08 Å². The summed E-state index contributed by atoms with van der Waals surface area (Å²) >= 11 is 11.8. The second kappa shape index (κ2) is 6.13. The van der Waals surface area contributed by atoms with E-state index in [4.69, 9.17) is 23.8 Å². The number of nitrogens with zero attached hydrogens (tertiary/aromatic N) is 1. The van der Waals surface area contributed by atoms with Gasteiger partial charge in [0.2, 0.25) is 0 Å². The van der Waals surface area contributed by atoms with E-state index in [0.29, 0.717) is 0 Å². The fourth-order valence-electron chi connectivity index (χ4n) is 1.70. The van der Waals surface area contributed by atoms with Crippen molar-refractivity contribution in [2.45, 2.75) is 13.0 Å². The lowest BCUT2D eigenvalue weighted by Gasteiger charge is -2.23. The van der Waals surface area contributed by atoms with Crippen LogP contribution in [0.2, 0.25) is 5.02 Å². The van der Waals surface area contributed by atoms with Crippen LogP contribution in [0.3, 0.4) is 0 Å². The summed E-state index contributed by atoms with van der Waals surface area (Å²) in [4.78, 5) is 24.1. The van der Waals surface area contributed by atoms with Gasteiger partial charge in [0.1, 0.15) is 10.1 Å². The molecule has 0 N–H and O–H groups in total. The zero-order chi connectivity index (χ0) is 15.7. The van der Waals surface area contributed by atoms with Crippen LogP contribution in [0.15, 0.2) is 23.1 Å². The van der Waals surface area contributed by atoms with Crippen molar-refractivity contribution in [2.24, 2.45) is 0 Å². The fraction of sp³-hybridized carbons (Fsp3) is 0.154. The van der Waals surface area contributed by atoms with E-state index in [-0.39, 0.29) is 19.8 Å². The van der Waals surface area contributed by atoms with Gasteiger partial charge in [0.25, 0.3) is 5.91 Å². The number of carboxylic acid groups (broad SMARTS) is 1. The summed E-state index contributed by atoms with van der Waals surface area (Å²) in [6.45, 7) is 1.29. The van der Waals surface area contributed by atoms with Crippen LogP contribution < -0.4 is 5.11 Å². The molecule has 0 aromatic heterocycles. The van der Waals surface area contributed by atoms with Crippen LogP contribution in [-0.4, -0.2) is 27.1 Å². The second-order valence-corrected chi connectivity index (χ2v) is 6.27. The maximum atomic E-state index is 13.7. The number of rotatable bonds is 3. The summed E-state index contributed by atoms with van der Waals surface area (Å²) in [7, 11) is 0. The van der Waals surface area contributed by atoms with E-state index in [0.717, 1.165) is 16.7 Å². The molecule has 1 unspecified atom stereocenters. The first-order chi connectivity index (χ1) is 9.82. The number of amides is 1. The highest BCUT2D eigenvalue weighted by molar-refractivity contribution is 8.26. The third kappa shape index (κ3) is 3.09. The number of halogens is 2. The molecule has 21 heavy (non-hydrogen) atoms. The number of thiocarbonyl (C=S) groups is 1. The molecular weight excluding hydrogens is 337 g/mol. The topological polar surface area (TPSA) is 60.4 Å². The van der Waals surface area contributed by atoms with Gasteiger partial charge in [-0.05, 0) is 25.1 Å². The fourth-order valence-corrected chi connectivity index (χ4v) is 3.32. The van der Waals surface area contributed by atoms with Gasteiger partial charge < -0.3 is 9.90 Å². The molecule has 0 aliphatic carbocycles. The molecule has 0 spiro atoms. The molecule has 0 radical (unpaired) electrons. The van der Waals surface area contributed by atoms with Gasteiger partial charge in [-0.2, -0.15) is 0 Å². The number of hydrogen-bond donors (Lipinski definition) is 0. The van der Waals surface area contributed by atoms with Crippen LogP contribution in [0.4, 0.5) is 4.39 Å². The first kappa shape index (κ1) is 15.9. The number of aliphatic carboxylic acids is 1. The van der Waals surface area contributed by atoms with Crippen molar-refractivity contribution < 1.29 is 19.1 Å². The van der Waals surface area contributed by atoms with Gasteiger partial charge in [-0.25, -0.2) is 4.39 Å². The zero-order valence-corrected chi connectivity index (χ0v) is 13.0. The van der Waals surface area contributed by atoms with Gasteiger partial charge in [0, 0.05) is 5.56 Å². The van der Waals surface area contributed by atoms with E-state index in [1.54, 1.807) is 0 Å². The molecule has 4 nitrogen and oxygen atoms in total. The summed E-state index contributed by atoms with van der Waals surface area (Å²) in [6.07, 6.45) is 1.26. The molecule has 1 aliphatic rings. The van der Waals surface area contributed by atoms with E-state index in [1.165, 1.54) is 31.2 Å². The molecular formula is C13H8ClFNO3S2-. The predicted octanol–water partition coefficient (Wildman–Crippen LogP) is 1.82. The van der Waals surface area contributed by atoms with Crippen molar-refractivity contribution in [3.63, 3.8) is 0 Å². The smallest absolute Gasteiger partial charge is 0.266 e. The number of carbonyl (C=O) groups is 2. The lowest BCUT2D eigenvalue weighted by Crippen LogP contribution is -2.48. The Hall–Kier alpha value is -1.44. The number of carbonyl (C=O) groups excluding carboxylic acids is 2. The maximum absolute atomic E-state index is 13.7. The maximum Gasteiger partial charge on any atom is 0.266 e. The minimum Gasteiger partial charge on any atom is -0.548 e. The molecule has 1 heterocycles. The van der Waals surface area contributed by atoms with Crippen molar-refractivity contribution in [2.75, 3.05) is 0 Å². The van der Waals surface area contributed by atoms with Crippen molar-refractivity contribution in [1.29, 1.82) is 0 Å². The minimum atomic E-state index is -1.42. The Labute approximate surface area is 134 Å². The molecule has 2 rings (SSSR count). The summed E-state index contributed by atoms with van der Waals surface area (Å²) < 4.78 is 13.8. The van der Waals surface area contributed by atoms with E-state index >= 15 is 0 Å². The molecule has 1 fully saturated rings. The molecule has 8 heteroatoms. The van der Waals surface area contributed by atoms with Crippen LogP contribution in [0.1, 0.15) is 12.5 Å². The Kier molecular flexibility index (Phi) is 4.65. The van der Waals surface area contributed by atoms with Gasteiger partial charge >= 0.3 is 0 Å². The standard InChI is InChI=1S/C13H9ClFNO3S2/c1-6(12(18)19)16-11(17)10(21-13(16)20)5-7-8(14)3-2-4-9(7)15/h2-6H,1H3,(H,18,19)/p-1. The predicted molar refractivity (Wildman–Crippen MR) is 80.9 cm³/mol. The summed E-state index contributed by atoms with van der Waals surface area (Å²) in [5.74, 6) is -2.61. The number of benzene rings is 1. The molecule has 1 aromatic carbocycles. The third-order valence-electron chi connectivity index (χ3n) is 2.83. The Morgan fingerprint density at radius 3 is 2.81 bits per heavy atom. The van der Waals surface area contributed by atoms with Crippen LogP contribution in [-0.2, 0) is 9.59 Å². The van der Waals surface area contributed by atoms with Gasteiger partial charge in [0.15, 0.2) is 0 Å². The number of carboxylic acids is 1.